The van der Waals surface area contributed by atoms with Crippen molar-refractivity contribution in [2.45, 2.75) is 29.6 Å². The number of benzene rings is 2. The maximum Gasteiger partial charge on any atom is 0.243 e. The molecule has 1 aliphatic heterocycles. The van der Waals surface area contributed by atoms with Crippen LogP contribution in [-0.4, -0.2) is 58.0 Å². The first-order valence-electron chi connectivity index (χ1n) is 9.54. The Labute approximate surface area is 177 Å². The molecule has 162 valence electrons. The predicted octanol–water partition coefficient (Wildman–Crippen LogP) is 2.04. The van der Waals surface area contributed by atoms with Gasteiger partial charge in [-0.3, -0.25) is 4.79 Å². The summed E-state index contributed by atoms with van der Waals surface area (Å²) in [5.74, 6) is -0.525. The molecule has 0 unspecified atom stereocenters. The highest BCUT2D eigenvalue weighted by molar-refractivity contribution is 7.89. The number of hydrogen-bond acceptors (Lipinski definition) is 5. The van der Waals surface area contributed by atoms with Crippen LogP contribution >= 0.6 is 0 Å². The molecule has 10 heteroatoms. The first-order valence-corrected chi connectivity index (χ1v) is 12.4. The largest absolute Gasteiger partial charge is 0.325 e. The molecule has 3 rings (SSSR count). The van der Waals surface area contributed by atoms with Crippen LogP contribution in [0.3, 0.4) is 0 Å². The summed E-state index contributed by atoms with van der Waals surface area (Å²) in [6.45, 7) is 2.52. The van der Waals surface area contributed by atoms with Crippen molar-refractivity contribution in [2.24, 2.45) is 0 Å². The van der Waals surface area contributed by atoms with Gasteiger partial charge in [0.05, 0.1) is 16.3 Å². The first kappa shape index (κ1) is 22.4. The normalized spacial score (nSPS) is 15.4. The Kier molecular flexibility index (Phi) is 6.61. The van der Waals surface area contributed by atoms with E-state index in [2.05, 4.69) is 5.32 Å². The van der Waals surface area contributed by atoms with Gasteiger partial charge >= 0.3 is 0 Å². The number of nitrogens with one attached hydrogen (secondary N) is 1. The molecule has 0 aromatic heterocycles. The standard InChI is InChI=1S/C20H25N3O5S2/c1-16-5-9-18(10-6-16)29(25,26)22(2)15-20(24)21-17-7-11-19(12-8-17)30(27,28)23-13-3-4-14-23/h5-12H,3-4,13-15H2,1-2H3,(H,21,24). The van der Waals surface area contributed by atoms with Crippen molar-refractivity contribution in [2.75, 3.05) is 32.0 Å². The number of rotatable bonds is 7. The van der Waals surface area contributed by atoms with Crippen LogP contribution in [0.15, 0.2) is 58.3 Å². The molecule has 1 saturated heterocycles. The molecule has 0 spiro atoms. The van der Waals surface area contributed by atoms with Gasteiger partial charge in [-0.05, 0) is 56.2 Å². The molecule has 0 aliphatic carbocycles. The second-order valence-electron chi connectivity index (χ2n) is 7.26. The van der Waals surface area contributed by atoms with Gasteiger partial charge in [-0.15, -0.1) is 0 Å². The van der Waals surface area contributed by atoms with Crippen LogP contribution in [-0.2, 0) is 24.8 Å². The Hall–Kier alpha value is -2.27. The van der Waals surface area contributed by atoms with E-state index < -0.39 is 26.0 Å². The Morgan fingerprint density at radius 1 is 0.933 bits per heavy atom. The molecule has 1 aliphatic rings. The molecular formula is C20H25N3O5S2. The highest BCUT2D eigenvalue weighted by Gasteiger charge is 2.27. The average molecular weight is 452 g/mol. The lowest BCUT2D eigenvalue weighted by Crippen LogP contribution is -2.35. The van der Waals surface area contributed by atoms with Crippen molar-refractivity contribution in [3.8, 4) is 0 Å². The second kappa shape index (κ2) is 8.84. The first-order chi connectivity index (χ1) is 14.1. The van der Waals surface area contributed by atoms with Crippen LogP contribution in [0.4, 0.5) is 5.69 Å². The van der Waals surface area contributed by atoms with Gasteiger partial charge in [-0.25, -0.2) is 16.8 Å². The monoisotopic (exact) mass is 451 g/mol. The number of likely N-dealkylation sites (N-methyl/N-ethyl adjacent to an activating group) is 1. The molecular weight excluding hydrogens is 426 g/mol. The zero-order chi connectivity index (χ0) is 21.9. The number of nitrogens with zero attached hydrogens (tertiary/aromatic N) is 2. The molecule has 1 heterocycles. The van der Waals surface area contributed by atoms with Gasteiger partial charge < -0.3 is 5.32 Å². The van der Waals surface area contributed by atoms with Crippen LogP contribution in [0.2, 0.25) is 0 Å². The Balaban J connectivity index is 1.64. The highest BCUT2D eigenvalue weighted by Crippen LogP contribution is 2.22. The van der Waals surface area contributed by atoms with Gasteiger partial charge in [0, 0.05) is 25.8 Å². The number of amides is 1. The molecule has 0 radical (unpaired) electrons. The number of carbonyl (C=O) groups is 1. The van der Waals surface area contributed by atoms with Crippen molar-refractivity contribution in [3.63, 3.8) is 0 Å². The Bertz CT molecular complexity index is 1110. The van der Waals surface area contributed by atoms with Crippen molar-refractivity contribution in [1.29, 1.82) is 0 Å². The van der Waals surface area contributed by atoms with Crippen LogP contribution < -0.4 is 5.32 Å². The molecule has 2 aromatic carbocycles. The lowest BCUT2D eigenvalue weighted by Gasteiger charge is -2.17. The number of carbonyl (C=O) groups excluding carboxylic acids is 1. The molecule has 1 fully saturated rings. The van der Waals surface area contributed by atoms with E-state index in [1.807, 2.05) is 6.92 Å². The topological polar surface area (TPSA) is 104 Å². The van der Waals surface area contributed by atoms with Crippen LogP contribution in [0.25, 0.3) is 0 Å². The smallest absolute Gasteiger partial charge is 0.243 e. The molecule has 0 atom stereocenters. The van der Waals surface area contributed by atoms with Gasteiger partial charge in [0.25, 0.3) is 0 Å². The maximum absolute atomic E-state index is 12.6. The van der Waals surface area contributed by atoms with E-state index in [1.165, 1.54) is 47.8 Å². The SMILES string of the molecule is Cc1ccc(S(=O)(=O)N(C)CC(=O)Nc2ccc(S(=O)(=O)N3CCCC3)cc2)cc1. The number of aryl methyl sites for hydroxylation is 1. The summed E-state index contributed by atoms with van der Waals surface area (Å²) in [4.78, 5) is 12.6. The van der Waals surface area contributed by atoms with E-state index in [0.717, 1.165) is 22.7 Å². The quantitative estimate of drug-likeness (QED) is 0.694. The predicted molar refractivity (Wildman–Crippen MR) is 114 cm³/mol. The molecule has 2 aromatic rings. The highest BCUT2D eigenvalue weighted by atomic mass is 32.2. The van der Waals surface area contributed by atoms with Crippen LogP contribution in [0.5, 0.6) is 0 Å². The van der Waals surface area contributed by atoms with Gasteiger partial charge in [0.2, 0.25) is 26.0 Å². The lowest BCUT2D eigenvalue weighted by molar-refractivity contribution is -0.116. The van der Waals surface area contributed by atoms with Crippen LogP contribution in [0.1, 0.15) is 18.4 Å². The van der Waals surface area contributed by atoms with Crippen molar-refractivity contribution >= 4 is 31.6 Å². The van der Waals surface area contributed by atoms with E-state index in [1.54, 1.807) is 12.1 Å². The van der Waals surface area contributed by atoms with Gasteiger partial charge in [0.1, 0.15) is 0 Å². The van der Waals surface area contributed by atoms with Crippen LogP contribution in [0, 0.1) is 6.92 Å². The summed E-state index contributed by atoms with van der Waals surface area (Å²) >= 11 is 0. The van der Waals surface area contributed by atoms with Crippen molar-refractivity contribution < 1.29 is 21.6 Å². The Morgan fingerprint density at radius 3 is 2.03 bits per heavy atom. The third-order valence-corrected chi connectivity index (χ3v) is 8.67. The summed E-state index contributed by atoms with van der Waals surface area (Å²) in [7, 11) is -5.98. The van der Waals surface area contributed by atoms with Gasteiger partial charge in [0.15, 0.2) is 0 Å². The molecule has 8 nitrogen and oxygen atoms in total. The zero-order valence-electron chi connectivity index (χ0n) is 16.9. The van der Waals surface area contributed by atoms with E-state index in [-0.39, 0.29) is 16.3 Å². The fourth-order valence-corrected chi connectivity index (χ4v) is 5.81. The summed E-state index contributed by atoms with van der Waals surface area (Å²) < 4.78 is 52.7. The maximum atomic E-state index is 12.6. The van der Waals surface area contributed by atoms with E-state index >= 15 is 0 Å². The van der Waals surface area contributed by atoms with E-state index in [9.17, 15) is 21.6 Å². The fraction of sp³-hybridized carbons (Fsp3) is 0.350. The lowest BCUT2D eigenvalue weighted by atomic mass is 10.2. The summed E-state index contributed by atoms with van der Waals surface area (Å²) in [6, 6.07) is 12.3. The summed E-state index contributed by atoms with van der Waals surface area (Å²) in [5.41, 5.74) is 1.33. The summed E-state index contributed by atoms with van der Waals surface area (Å²) in [5, 5.41) is 2.60. The third kappa shape index (κ3) is 4.89. The average Bonchev–Trinajstić information content (AvgIpc) is 3.24. The molecule has 1 amide bonds. The van der Waals surface area contributed by atoms with Gasteiger partial charge in [-0.1, -0.05) is 17.7 Å². The van der Waals surface area contributed by atoms with Gasteiger partial charge in [-0.2, -0.15) is 8.61 Å². The third-order valence-electron chi connectivity index (χ3n) is 4.94. The number of sulfonamides is 2. The molecule has 30 heavy (non-hydrogen) atoms. The molecule has 0 saturated carbocycles. The minimum atomic E-state index is -3.79. The minimum Gasteiger partial charge on any atom is -0.325 e. The number of hydrogen-bond donors (Lipinski definition) is 1. The fourth-order valence-electron chi connectivity index (χ4n) is 3.17. The second-order valence-corrected chi connectivity index (χ2v) is 11.2. The van der Waals surface area contributed by atoms with Crippen molar-refractivity contribution in [1.82, 2.24) is 8.61 Å². The zero-order valence-corrected chi connectivity index (χ0v) is 18.5. The molecule has 1 N–H and O–H groups in total. The van der Waals surface area contributed by atoms with E-state index in [0.29, 0.717) is 18.8 Å². The number of anilines is 1. The summed E-state index contributed by atoms with van der Waals surface area (Å²) in [6.07, 6.45) is 1.71. The molecule has 0 bridgehead atoms. The Morgan fingerprint density at radius 2 is 1.47 bits per heavy atom. The van der Waals surface area contributed by atoms with Crippen molar-refractivity contribution in [3.05, 3.63) is 54.1 Å². The minimum absolute atomic E-state index is 0.111. The van der Waals surface area contributed by atoms with E-state index in [4.69, 9.17) is 0 Å².